The van der Waals surface area contributed by atoms with Crippen molar-refractivity contribution in [3.05, 3.63) is 64.5 Å². The second-order valence-electron chi connectivity index (χ2n) is 9.02. The number of aliphatic hydroxyl groups excluding tert-OH is 1. The molecule has 0 saturated carbocycles. The molecular formula is C25H30F3N5O. The minimum Gasteiger partial charge on any atom is -0.399 e. The fourth-order valence-corrected chi connectivity index (χ4v) is 4.82. The number of fused-ring (bicyclic) bond motifs is 1. The zero-order chi connectivity index (χ0) is 24.6. The van der Waals surface area contributed by atoms with Gasteiger partial charge in [0, 0.05) is 30.3 Å². The van der Waals surface area contributed by atoms with E-state index in [-0.39, 0.29) is 24.1 Å². The number of aliphatic imine (C=N–C) groups is 2. The van der Waals surface area contributed by atoms with Gasteiger partial charge in [-0.05, 0) is 68.8 Å². The fourth-order valence-electron chi connectivity index (χ4n) is 4.82. The van der Waals surface area contributed by atoms with Gasteiger partial charge in [-0.15, -0.1) is 0 Å². The van der Waals surface area contributed by atoms with E-state index in [0.29, 0.717) is 30.1 Å². The van der Waals surface area contributed by atoms with Gasteiger partial charge in [0.05, 0.1) is 18.0 Å². The minimum atomic E-state index is -4.47. The zero-order valence-electron chi connectivity index (χ0n) is 19.5. The summed E-state index contributed by atoms with van der Waals surface area (Å²) >= 11 is 0. The van der Waals surface area contributed by atoms with Crippen LogP contribution >= 0.6 is 0 Å². The molecule has 3 atom stereocenters. The Kier molecular flexibility index (Phi) is 6.58. The summed E-state index contributed by atoms with van der Waals surface area (Å²) in [7, 11) is 0. The predicted octanol–water partition coefficient (Wildman–Crippen LogP) is 4.60. The van der Waals surface area contributed by atoms with E-state index in [9.17, 15) is 18.3 Å². The molecule has 6 nitrogen and oxygen atoms in total. The highest BCUT2D eigenvalue weighted by molar-refractivity contribution is 6.02. The van der Waals surface area contributed by atoms with E-state index in [2.05, 4.69) is 34.4 Å². The molecule has 1 aromatic rings. The highest BCUT2D eigenvalue weighted by atomic mass is 19.4. The van der Waals surface area contributed by atoms with Crippen molar-refractivity contribution in [3.63, 3.8) is 0 Å². The number of benzene rings is 1. The maximum absolute atomic E-state index is 13.2. The third-order valence-corrected chi connectivity index (χ3v) is 6.53. The monoisotopic (exact) mass is 473 g/mol. The Morgan fingerprint density at radius 3 is 2.71 bits per heavy atom. The predicted molar refractivity (Wildman–Crippen MR) is 128 cm³/mol. The number of hydrogen-bond acceptors (Lipinski definition) is 5. The fraction of sp³-hybridized carbons (Fsp3) is 0.440. The summed E-state index contributed by atoms with van der Waals surface area (Å²) in [6.45, 7) is 6.70. The average Bonchev–Trinajstić information content (AvgIpc) is 2.76. The molecule has 9 heteroatoms. The van der Waals surface area contributed by atoms with Gasteiger partial charge in [-0.2, -0.15) is 13.2 Å². The first-order valence-corrected chi connectivity index (χ1v) is 11.4. The van der Waals surface area contributed by atoms with Crippen LogP contribution < -0.4 is 11.1 Å². The van der Waals surface area contributed by atoms with Crippen LogP contribution in [0, 0.1) is 11.8 Å². The van der Waals surface area contributed by atoms with Crippen molar-refractivity contribution < 1.29 is 18.3 Å². The molecule has 4 rings (SSSR count). The number of amidine groups is 2. The Bertz CT molecular complexity index is 1120. The summed E-state index contributed by atoms with van der Waals surface area (Å²) in [6.07, 6.45) is 2.45. The van der Waals surface area contributed by atoms with Crippen LogP contribution in [0.1, 0.15) is 44.7 Å². The molecule has 3 aliphatic rings. The number of hydrogen-bond donors (Lipinski definition) is 3. The van der Waals surface area contributed by atoms with E-state index < -0.39 is 18.0 Å². The molecule has 0 saturated heterocycles. The standard InChI is InChI=1S/C25H30F3N5O/c1-4-33-6-5-17(10-23(33)34)20-12-21-22(7-14(20)2)31-15(3)32-24(21)30-13-16-8-18(25(26,27)28)11-19(29)9-16/h5-9,11,17,21,23,34H,4,10,12-13,29H2,1-3H3,(H,30,31,32)/t17?,21?,23-/m0/s1. The van der Waals surface area contributed by atoms with E-state index in [1.165, 1.54) is 11.6 Å². The molecule has 2 unspecified atom stereocenters. The number of halogens is 3. The number of rotatable bonds is 4. The van der Waals surface area contributed by atoms with Gasteiger partial charge in [0.2, 0.25) is 0 Å². The van der Waals surface area contributed by atoms with Crippen molar-refractivity contribution in [2.24, 2.45) is 21.8 Å². The van der Waals surface area contributed by atoms with Crippen molar-refractivity contribution >= 4 is 17.4 Å². The third kappa shape index (κ3) is 5.04. The van der Waals surface area contributed by atoms with Crippen molar-refractivity contribution in [1.82, 2.24) is 10.2 Å². The molecule has 34 heavy (non-hydrogen) atoms. The molecule has 4 N–H and O–H groups in total. The molecule has 0 fully saturated rings. The molecule has 1 aromatic carbocycles. The number of nitrogen functional groups attached to an aromatic ring is 1. The molecule has 2 heterocycles. The lowest BCUT2D eigenvalue weighted by Gasteiger charge is -2.37. The number of aliphatic hydroxyl groups is 1. The maximum atomic E-state index is 13.2. The van der Waals surface area contributed by atoms with E-state index in [1.54, 1.807) is 0 Å². The van der Waals surface area contributed by atoms with Gasteiger partial charge in [0.25, 0.3) is 0 Å². The number of nitrogens with two attached hydrogens (primary N) is 1. The van der Waals surface area contributed by atoms with Crippen molar-refractivity contribution in [2.45, 2.75) is 52.6 Å². The van der Waals surface area contributed by atoms with Gasteiger partial charge in [-0.3, -0.25) is 4.99 Å². The Morgan fingerprint density at radius 2 is 2.03 bits per heavy atom. The van der Waals surface area contributed by atoms with Crippen LogP contribution in [-0.2, 0) is 12.7 Å². The minimum absolute atomic E-state index is 0.0511. The summed E-state index contributed by atoms with van der Waals surface area (Å²) in [5.74, 6) is 1.25. The smallest absolute Gasteiger partial charge is 0.399 e. The molecule has 2 aliphatic heterocycles. The third-order valence-electron chi connectivity index (χ3n) is 6.53. The Balaban J connectivity index is 1.60. The Hall–Kier alpha value is -3.07. The van der Waals surface area contributed by atoms with Crippen LogP contribution in [0.2, 0.25) is 0 Å². The zero-order valence-corrected chi connectivity index (χ0v) is 19.5. The van der Waals surface area contributed by atoms with Gasteiger partial charge in [0.1, 0.15) is 17.9 Å². The van der Waals surface area contributed by atoms with Crippen LogP contribution in [0.3, 0.4) is 0 Å². The highest BCUT2D eigenvalue weighted by Crippen LogP contribution is 2.39. The summed E-state index contributed by atoms with van der Waals surface area (Å²) in [6, 6.07) is 3.52. The number of anilines is 1. The second-order valence-corrected chi connectivity index (χ2v) is 9.02. The number of allylic oxidation sites excluding steroid dienone is 4. The number of nitrogens with zero attached hydrogens (tertiary/aromatic N) is 3. The van der Waals surface area contributed by atoms with Crippen LogP contribution in [0.15, 0.2) is 63.4 Å². The summed E-state index contributed by atoms with van der Waals surface area (Å²) in [4.78, 5) is 11.1. The van der Waals surface area contributed by atoms with Gasteiger partial charge in [-0.1, -0.05) is 11.6 Å². The molecule has 0 aromatic heterocycles. The van der Waals surface area contributed by atoms with Gasteiger partial charge >= 0.3 is 6.18 Å². The second kappa shape index (κ2) is 9.29. The Labute approximate surface area is 197 Å². The van der Waals surface area contributed by atoms with Crippen LogP contribution in [0.4, 0.5) is 18.9 Å². The largest absolute Gasteiger partial charge is 0.416 e. The topological polar surface area (TPSA) is 86.2 Å². The molecule has 0 bridgehead atoms. The Morgan fingerprint density at radius 1 is 1.26 bits per heavy atom. The quantitative estimate of drug-likeness (QED) is 0.558. The van der Waals surface area contributed by atoms with Crippen molar-refractivity contribution in [1.29, 1.82) is 0 Å². The normalized spacial score (nSPS) is 26.3. The van der Waals surface area contributed by atoms with E-state index >= 15 is 0 Å². The van der Waals surface area contributed by atoms with Crippen LogP contribution in [0.25, 0.3) is 0 Å². The SMILES string of the molecule is CCN1C=CC(C2=C(C)C=C3NC(C)=NC(=NCc4cc(N)cc(C(F)(F)F)c4)C3C2)C[C@@H]1O. The summed E-state index contributed by atoms with van der Waals surface area (Å²) in [5, 5.41) is 13.8. The van der Waals surface area contributed by atoms with Crippen LogP contribution in [0.5, 0.6) is 0 Å². The molecule has 182 valence electrons. The first-order chi connectivity index (χ1) is 16.0. The summed E-state index contributed by atoms with van der Waals surface area (Å²) < 4.78 is 39.6. The summed E-state index contributed by atoms with van der Waals surface area (Å²) in [5.41, 5.74) is 8.70. The van der Waals surface area contributed by atoms with Crippen molar-refractivity contribution in [2.75, 3.05) is 12.3 Å². The van der Waals surface area contributed by atoms with Crippen molar-refractivity contribution in [3.8, 4) is 0 Å². The molecule has 0 radical (unpaired) electrons. The molecule has 0 amide bonds. The maximum Gasteiger partial charge on any atom is 0.416 e. The van der Waals surface area contributed by atoms with E-state index in [0.717, 1.165) is 29.9 Å². The lowest BCUT2D eigenvalue weighted by Crippen LogP contribution is -2.39. The average molecular weight is 474 g/mol. The van der Waals surface area contributed by atoms with Crippen LogP contribution in [-0.4, -0.2) is 34.5 Å². The van der Waals surface area contributed by atoms with E-state index in [1.807, 2.05) is 24.9 Å². The van der Waals surface area contributed by atoms with Gasteiger partial charge in [-0.25, -0.2) is 4.99 Å². The first kappa shape index (κ1) is 24.1. The van der Waals surface area contributed by atoms with Gasteiger partial charge in [0.15, 0.2) is 0 Å². The highest BCUT2D eigenvalue weighted by Gasteiger charge is 2.34. The lowest BCUT2D eigenvalue weighted by atomic mass is 9.78. The molecule has 1 aliphatic carbocycles. The number of alkyl halides is 3. The first-order valence-electron chi connectivity index (χ1n) is 11.4. The lowest BCUT2D eigenvalue weighted by molar-refractivity contribution is -0.137. The molecular weight excluding hydrogens is 443 g/mol. The van der Waals surface area contributed by atoms with Gasteiger partial charge < -0.3 is 21.1 Å². The van der Waals surface area contributed by atoms with E-state index in [4.69, 9.17) is 5.73 Å². The molecule has 0 spiro atoms. The number of nitrogens with one attached hydrogen (secondary N) is 1.